The Morgan fingerprint density at radius 1 is 1.17 bits per heavy atom. The molecule has 0 saturated carbocycles. The number of methoxy groups -OCH3 is 1. The van der Waals surface area contributed by atoms with Gasteiger partial charge in [-0.2, -0.15) is 0 Å². The van der Waals surface area contributed by atoms with Crippen LogP contribution in [0.1, 0.15) is 17.2 Å². The Bertz CT molecular complexity index is 705. The number of halogens is 1. The first-order chi connectivity index (χ1) is 11.5. The van der Waals surface area contributed by atoms with Crippen LogP contribution in [-0.2, 0) is 20.7 Å². The van der Waals surface area contributed by atoms with Gasteiger partial charge in [0.2, 0.25) is 0 Å². The zero-order valence-electron chi connectivity index (χ0n) is 13.1. The molecule has 2 aromatic rings. The molecule has 0 aromatic heterocycles. The molecule has 0 unspecified atom stereocenters. The molecule has 2 atom stereocenters. The molecular weight excluding hydrogens is 374 g/mol. The molecule has 0 aliphatic carbocycles. The molecule has 5 nitrogen and oxygen atoms in total. The maximum Gasteiger partial charge on any atom is 0.326 e. The van der Waals surface area contributed by atoms with E-state index in [2.05, 4.69) is 21.2 Å². The number of hydrogen-bond donors (Lipinski definition) is 2. The van der Waals surface area contributed by atoms with Crippen molar-refractivity contribution in [3.05, 3.63) is 70.2 Å². The van der Waals surface area contributed by atoms with E-state index in [1.54, 1.807) is 24.3 Å². The zero-order chi connectivity index (χ0) is 17.5. The Labute approximate surface area is 148 Å². The van der Waals surface area contributed by atoms with Crippen LogP contribution in [0, 0.1) is 0 Å². The van der Waals surface area contributed by atoms with Gasteiger partial charge >= 0.3 is 5.97 Å². The lowest BCUT2D eigenvalue weighted by Crippen LogP contribution is -2.44. The third-order valence-electron chi connectivity index (χ3n) is 3.52. The van der Waals surface area contributed by atoms with E-state index in [0.29, 0.717) is 5.56 Å². The van der Waals surface area contributed by atoms with Crippen LogP contribution in [0.2, 0.25) is 0 Å². The van der Waals surface area contributed by atoms with E-state index in [9.17, 15) is 14.7 Å². The minimum atomic E-state index is -1.09. The highest BCUT2D eigenvalue weighted by molar-refractivity contribution is 9.10. The molecule has 2 rings (SSSR count). The number of benzene rings is 2. The van der Waals surface area contributed by atoms with Crippen molar-refractivity contribution in [3.8, 4) is 0 Å². The van der Waals surface area contributed by atoms with Crippen LogP contribution in [0.3, 0.4) is 0 Å². The number of carboxylic acids is 1. The van der Waals surface area contributed by atoms with Gasteiger partial charge in [0, 0.05) is 18.0 Å². The normalized spacial score (nSPS) is 13.1. The highest BCUT2D eigenvalue weighted by atomic mass is 79.9. The molecule has 1 amide bonds. The number of carbonyl (C=O) groups is 2. The monoisotopic (exact) mass is 391 g/mol. The van der Waals surface area contributed by atoms with Crippen LogP contribution in [0.15, 0.2) is 59.1 Å². The van der Waals surface area contributed by atoms with Gasteiger partial charge in [0.25, 0.3) is 5.91 Å². The Morgan fingerprint density at radius 3 is 2.46 bits per heavy atom. The van der Waals surface area contributed by atoms with Crippen LogP contribution >= 0.6 is 15.9 Å². The molecule has 6 heteroatoms. The highest BCUT2D eigenvalue weighted by Gasteiger charge is 2.26. The van der Waals surface area contributed by atoms with Crippen molar-refractivity contribution in [1.29, 1.82) is 0 Å². The standard InChI is InChI=1S/C18H18BrNO4/c1-24-16(13-7-3-2-4-8-13)17(21)20-15(18(22)23)11-12-6-5-9-14(19)10-12/h2-10,15-16H,11H2,1H3,(H,20,21)(H,22,23)/t15-,16+/m1/s1. The topological polar surface area (TPSA) is 75.6 Å². The van der Waals surface area contributed by atoms with Crippen LogP contribution in [0.25, 0.3) is 0 Å². The second-order valence-corrected chi connectivity index (χ2v) is 6.18. The van der Waals surface area contributed by atoms with Crippen LogP contribution in [-0.4, -0.2) is 30.1 Å². The summed E-state index contributed by atoms with van der Waals surface area (Å²) >= 11 is 3.35. The summed E-state index contributed by atoms with van der Waals surface area (Å²) in [5.74, 6) is -1.57. The summed E-state index contributed by atoms with van der Waals surface area (Å²) in [5, 5.41) is 12.0. The SMILES string of the molecule is CO[C@H](C(=O)N[C@H](Cc1cccc(Br)c1)C(=O)O)c1ccccc1. The van der Waals surface area contributed by atoms with E-state index >= 15 is 0 Å². The minimum absolute atomic E-state index is 0.186. The van der Waals surface area contributed by atoms with Crippen molar-refractivity contribution in [3.63, 3.8) is 0 Å². The van der Waals surface area contributed by atoms with Crippen molar-refractivity contribution in [2.24, 2.45) is 0 Å². The van der Waals surface area contributed by atoms with E-state index in [1.807, 2.05) is 30.3 Å². The molecule has 0 aliphatic rings. The van der Waals surface area contributed by atoms with Crippen molar-refractivity contribution < 1.29 is 19.4 Å². The zero-order valence-corrected chi connectivity index (χ0v) is 14.7. The summed E-state index contributed by atoms with van der Waals surface area (Å²) in [7, 11) is 1.42. The smallest absolute Gasteiger partial charge is 0.326 e. The Hall–Kier alpha value is -2.18. The predicted octanol–water partition coefficient (Wildman–Crippen LogP) is 2.95. The molecule has 0 bridgehead atoms. The van der Waals surface area contributed by atoms with Crippen molar-refractivity contribution in [2.45, 2.75) is 18.6 Å². The number of ether oxygens (including phenoxy) is 1. The van der Waals surface area contributed by atoms with Gasteiger partial charge in [0.15, 0.2) is 6.10 Å². The fraction of sp³-hybridized carbons (Fsp3) is 0.222. The third-order valence-corrected chi connectivity index (χ3v) is 4.01. The van der Waals surface area contributed by atoms with Crippen LogP contribution in [0.4, 0.5) is 0 Å². The van der Waals surface area contributed by atoms with E-state index in [-0.39, 0.29) is 6.42 Å². The fourth-order valence-electron chi connectivity index (χ4n) is 2.37. The number of amides is 1. The predicted molar refractivity (Wildman–Crippen MR) is 93.6 cm³/mol. The molecule has 0 radical (unpaired) electrons. The second kappa shape index (κ2) is 8.61. The minimum Gasteiger partial charge on any atom is -0.480 e. The first-order valence-electron chi connectivity index (χ1n) is 7.36. The number of carbonyl (C=O) groups excluding carboxylic acids is 1. The Balaban J connectivity index is 2.11. The highest BCUT2D eigenvalue weighted by Crippen LogP contribution is 2.17. The van der Waals surface area contributed by atoms with E-state index in [0.717, 1.165) is 10.0 Å². The summed E-state index contributed by atoms with van der Waals surface area (Å²) in [6, 6.07) is 15.2. The second-order valence-electron chi connectivity index (χ2n) is 5.26. The lowest BCUT2D eigenvalue weighted by atomic mass is 10.0. The quantitative estimate of drug-likeness (QED) is 0.760. The molecule has 0 spiro atoms. The molecule has 0 fully saturated rings. The average molecular weight is 392 g/mol. The van der Waals surface area contributed by atoms with Gasteiger partial charge in [-0.25, -0.2) is 4.79 Å². The van der Waals surface area contributed by atoms with Crippen LogP contribution < -0.4 is 5.32 Å². The molecule has 126 valence electrons. The molecule has 24 heavy (non-hydrogen) atoms. The summed E-state index contributed by atoms with van der Waals surface area (Å²) < 4.78 is 6.09. The molecule has 0 aliphatic heterocycles. The van der Waals surface area contributed by atoms with Gasteiger partial charge in [0.05, 0.1) is 0 Å². The number of rotatable bonds is 7. The van der Waals surface area contributed by atoms with Crippen molar-refractivity contribution in [1.82, 2.24) is 5.32 Å². The summed E-state index contributed by atoms with van der Waals surface area (Å²) in [6.45, 7) is 0. The maximum absolute atomic E-state index is 12.4. The molecule has 2 aromatic carbocycles. The number of nitrogens with one attached hydrogen (secondary N) is 1. The number of hydrogen-bond acceptors (Lipinski definition) is 3. The van der Waals surface area contributed by atoms with Crippen molar-refractivity contribution in [2.75, 3.05) is 7.11 Å². The number of carboxylic acid groups (broad SMARTS) is 1. The Kier molecular flexibility index (Phi) is 6.52. The first-order valence-corrected chi connectivity index (χ1v) is 8.16. The summed E-state index contributed by atoms with van der Waals surface area (Å²) in [5.41, 5.74) is 1.48. The largest absolute Gasteiger partial charge is 0.480 e. The van der Waals surface area contributed by atoms with Gasteiger partial charge in [-0.15, -0.1) is 0 Å². The fourth-order valence-corrected chi connectivity index (χ4v) is 2.82. The molecule has 0 heterocycles. The number of aliphatic carboxylic acids is 1. The first kappa shape index (κ1) is 18.2. The lowest BCUT2D eigenvalue weighted by molar-refractivity contribution is -0.144. The lowest BCUT2D eigenvalue weighted by Gasteiger charge is -2.20. The van der Waals surface area contributed by atoms with Crippen molar-refractivity contribution >= 4 is 27.8 Å². The molecule has 0 saturated heterocycles. The van der Waals surface area contributed by atoms with Gasteiger partial charge in [0.1, 0.15) is 6.04 Å². The van der Waals surface area contributed by atoms with E-state index in [1.165, 1.54) is 7.11 Å². The van der Waals surface area contributed by atoms with E-state index < -0.39 is 24.0 Å². The summed E-state index contributed by atoms with van der Waals surface area (Å²) in [4.78, 5) is 23.9. The van der Waals surface area contributed by atoms with Gasteiger partial charge < -0.3 is 15.2 Å². The van der Waals surface area contributed by atoms with Gasteiger partial charge in [-0.3, -0.25) is 4.79 Å². The molecule has 2 N–H and O–H groups in total. The van der Waals surface area contributed by atoms with Crippen LogP contribution in [0.5, 0.6) is 0 Å². The molecular formula is C18H18BrNO4. The average Bonchev–Trinajstić information content (AvgIpc) is 2.56. The Morgan fingerprint density at radius 2 is 1.88 bits per heavy atom. The van der Waals surface area contributed by atoms with E-state index in [4.69, 9.17) is 4.74 Å². The van der Waals surface area contributed by atoms with Gasteiger partial charge in [-0.1, -0.05) is 58.4 Å². The maximum atomic E-state index is 12.4. The summed E-state index contributed by atoms with van der Waals surface area (Å²) in [6.07, 6.45) is -0.665. The van der Waals surface area contributed by atoms with Gasteiger partial charge in [-0.05, 0) is 23.3 Å². The third kappa shape index (κ3) is 4.91.